The van der Waals surface area contributed by atoms with Gasteiger partial charge in [-0.15, -0.1) is 5.10 Å². The number of amides is 1. The summed E-state index contributed by atoms with van der Waals surface area (Å²) in [5, 5.41) is 3.39. The molecule has 2 aromatic heterocycles. The second kappa shape index (κ2) is 7.06. The summed E-state index contributed by atoms with van der Waals surface area (Å²) in [4.78, 5) is 20.9. The number of aromatic nitrogens is 4. The van der Waals surface area contributed by atoms with E-state index in [4.69, 9.17) is 23.2 Å². The van der Waals surface area contributed by atoms with Gasteiger partial charge in [-0.2, -0.15) is 17.7 Å². The van der Waals surface area contributed by atoms with Crippen molar-refractivity contribution >= 4 is 50.6 Å². The molecule has 11 heteroatoms. The summed E-state index contributed by atoms with van der Waals surface area (Å²) in [5.74, 6) is -1.27. The van der Waals surface area contributed by atoms with Gasteiger partial charge in [0.25, 0.3) is 10.9 Å². The molecule has 3 rings (SSSR count). The summed E-state index contributed by atoms with van der Waals surface area (Å²) in [6, 6.07) is 6.09. The molecule has 0 aliphatic heterocycles. The first-order valence-corrected chi connectivity index (χ1v) is 10.1. The average molecular weight is 428 g/mol. The standard InChI is InChI=1S/C16H15Cl2N5O3S/c1-9(2)14(24)23(13-11(17)5-4-6-12(13)18)27(25,26)16-20-15-19-10(3)7-8-22(15)21-16/h4-9H,1-3H3. The number of carbonyl (C=O) groups excluding carboxylic acids is 1. The van der Waals surface area contributed by atoms with Crippen LogP contribution in [0.25, 0.3) is 5.78 Å². The highest BCUT2D eigenvalue weighted by atomic mass is 35.5. The minimum Gasteiger partial charge on any atom is -0.273 e. The van der Waals surface area contributed by atoms with Crippen molar-refractivity contribution in [1.29, 1.82) is 0 Å². The maximum atomic E-state index is 13.3. The number of carbonyl (C=O) groups is 1. The van der Waals surface area contributed by atoms with E-state index in [1.807, 2.05) is 0 Å². The summed E-state index contributed by atoms with van der Waals surface area (Å²) < 4.78 is 28.3. The van der Waals surface area contributed by atoms with E-state index in [9.17, 15) is 13.2 Å². The van der Waals surface area contributed by atoms with Gasteiger partial charge in [0.1, 0.15) is 0 Å². The first-order chi connectivity index (χ1) is 12.6. The zero-order valence-electron chi connectivity index (χ0n) is 14.6. The van der Waals surface area contributed by atoms with Crippen LogP contribution in [0.2, 0.25) is 10.0 Å². The number of anilines is 1. The molecule has 0 radical (unpaired) electrons. The number of para-hydroxylation sites is 1. The number of benzene rings is 1. The lowest BCUT2D eigenvalue weighted by Gasteiger charge is -2.24. The molecule has 0 saturated heterocycles. The fraction of sp³-hybridized carbons (Fsp3) is 0.250. The zero-order chi connectivity index (χ0) is 19.9. The van der Waals surface area contributed by atoms with Crippen LogP contribution in [0.4, 0.5) is 5.69 Å². The Morgan fingerprint density at radius 1 is 1.15 bits per heavy atom. The van der Waals surface area contributed by atoms with Crippen LogP contribution in [0.15, 0.2) is 35.6 Å². The molecule has 142 valence electrons. The van der Waals surface area contributed by atoms with E-state index in [1.54, 1.807) is 32.9 Å². The molecular formula is C16H15Cl2N5O3S. The first kappa shape index (κ1) is 19.5. The molecule has 0 aliphatic rings. The van der Waals surface area contributed by atoms with E-state index in [0.29, 0.717) is 10.00 Å². The number of nitrogens with zero attached hydrogens (tertiary/aromatic N) is 5. The normalized spacial score (nSPS) is 11.9. The molecule has 8 nitrogen and oxygen atoms in total. The van der Waals surface area contributed by atoms with Gasteiger partial charge in [0.05, 0.1) is 15.7 Å². The van der Waals surface area contributed by atoms with Gasteiger partial charge in [-0.05, 0) is 25.1 Å². The second-order valence-corrected chi connectivity index (χ2v) is 8.54. The van der Waals surface area contributed by atoms with E-state index >= 15 is 0 Å². The van der Waals surface area contributed by atoms with Crippen molar-refractivity contribution in [1.82, 2.24) is 19.6 Å². The number of aryl methyl sites for hydroxylation is 1. The molecule has 27 heavy (non-hydrogen) atoms. The van der Waals surface area contributed by atoms with Crippen molar-refractivity contribution in [3.8, 4) is 0 Å². The minimum absolute atomic E-state index is 0.0119. The topological polar surface area (TPSA) is 97.5 Å². The van der Waals surface area contributed by atoms with Crippen molar-refractivity contribution in [2.45, 2.75) is 25.9 Å². The minimum atomic E-state index is -4.49. The molecule has 1 amide bonds. The zero-order valence-corrected chi connectivity index (χ0v) is 16.9. The van der Waals surface area contributed by atoms with Crippen LogP contribution in [0, 0.1) is 12.8 Å². The summed E-state index contributed by atoms with van der Waals surface area (Å²) in [5.41, 5.74) is 0.505. The van der Waals surface area contributed by atoms with Crippen molar-refractivity contribution in [3.63, 3.8) is 0 Å². The van der Waals surface area contributed by atoms with Gasteiger partial charge >= 0.3 is 10.0 Å². The Kier molecular flexibility index (Phi) is 5.11. The van der Waals surface area contributed by atoms with Crippen LogP contribution in [0.1, 0.15) is 19.5 Å². The van der Waals surface area contributed by atoms with E-state index in [2.05, 4.69) is 15.1 Å². The Morgan fingerprint density at radius 2 is 1.78 bits per heavy atom. The number of halogens is 2. The van der Waals surface area contributed by atoms with Crippen LogP contribution < -0.4 is 4.31 Å². The Morgan fingerprint density at radius 3 is 2.37 bits per heavy atom. The van der Waals surface area contributed by atoms with Crippen molar-refractivity contribution in [3.05, 3.63) is 46.2 Å². The third-order valence-electron chi connectivity index (χ3n) is 3.63. The molecule has 3 aromatic rings. The predicted molar refractivity (Wildman–Crippen MR) is 101 cm³/mol. The summed E-state index contributed by atoms with van der Waals surface area (Å²) in [7, 11) is -4.49. The highest BCUT2D eigenvalue weighted by Crippen LogP contribution is 2.37. The van der Waals surface area contributed by atoms with Crippen LogP contribution in [0.5, 0.6) is 0 Å². The number of hydrogen-bond donors (Lipinski definition) is 0. The third kappa shape index (κ3) is 3.50. The third-order valence-corrected chi connectivity index (χ3v) is 5.72. The van der Waals surface area contributed by atoms with Crippen molar-refractivity contribution < 1.29 is 13.2 Å². The lowest BCUT2D eigenvalue weighted by atomic mass is 10.2. The molecule has 0 fully saturated rings. The summed E-state index contributed by atoms with van der Waals surface area (Å²) >= 11 is 12.3. The Bertz CT molecular complexity index is 1120. The van der Waals surface area contributed by atoms with Gasteiger partial charge in [-0.1, -0.05) is 43.1 Å². The molecule has 0 atom stereocenters. The van der Waals surface area contributed by atoms with Gasteiger partial charge in [0, 0.05) is 17.8 Å². The van der Waals surface area contributed by atoms with E-state index in [-0.39, 0.29) is 21.5 Å². The Hall–Kier alpha value is -2.23. The van der Waals surface area contributed by atoms with E-state index < -0.39 is 27.0 Å². The maximum Gasteiger partial charge on any atom is 0.308 e. The quantitative estimate of drug-likeness (QED) is 0.634. The molecule has 0 bridgehead atoms. The highest BCUT2D eigenvalue weighted by Gasteiger charge is 2.38. The summed E-state index contributed by atoms with van der Waals surface area (Å²) in [6.45, 7) is 4.87. The lowest BCUT2D eigenvalue weighted by Crippen LogP contribution is -2.40. The van der Waals surface area contributed by atoms with Gasteiger partial charge < -0.3 is 0 Å². The SMILES string of the molecule is Cc1ccn2nc(S(=O)(=O)N(C(=O)C(C)C)c3c(Cl)cccc3Cl)nc2n1. The number of rotatable bonds is 4. The van der Waals surface area contributed by atoms with Crippen LogP contribution in [-0.4, -0.2) is 33.9 Å². The molecule has 0 saturated carbocycles. The lowest BCUT2D eigenvalue weighted by molar-refractivity contribution is -0.120. The smallest absolute Gasteiger partial charge is 0.273 e. The second-order valence-electron chi connectivity index (χ2n) is 6.04. The van der Waals surface area contributed by atoms with Crippen molar-refractivity contribution in [2.75, 3.05) is 4.31 Å². The fourth-order valence-corrected chi connectivity index (χ4v) is 4.41. The predicted octanol–water partition coefficient (Wildman–Crippen LogP) is 3.12. The molecule has 1 aromatic carbocycles. The van der Waals surface area contributed by atoms with Gasteiger partial charge in [-0.3, -0.25) is 4.79 Å². The molecular weight excluding hydrogens is 413 g/mol. The van der Waals surface area contributed by atoms with E-state index in [1.165, 1.54) is 22.8 Å². The fourth-order valence-electron chi connectivity index (χ4n) is 2.30. The van der Waals surface area contributed by atoms with Gasteiger partial charge in [0.15, 0.2) is 0 Å². The molecule has 0 spiro atoms. The van der Waals surface area contributed by atoms with Crippen LogP contribution in [0.3, 0.4) is 0 Å². The number of sulfonamides is 1. The number of fused-ring (bicyclic) bond motifs is 1. The molecule has 2 heterocycles. The highest BCUT2D eigenvalue weighted by molar-refractivity contribution is 7.93. The maximum absolute atomic E-state index is 13.3. The molecule has 0 aliphatic carbocycles. The average Bonchev–Trinajstić information content (AvgIpc) is 3.01. The van der Waals surface area contributed by atoms with Gasteiger partial charge in [-0.25, -0.2) is 9.50 Å². The Balaban J connectivity index is 2.25. The van der Waals surface area contributed by atoms with Crippen LogP contribution in [-0.2, 0) is 14.8 Å². The molecule has 0 unspecified atom stereocenters. The van der Waals surface area contributed by atoms with Gasteiger partial charge in [0.2, 0.25) is 5.91 Å². The molecule has 0 N–H and O–H groups in total. The monoisotopic (exact) mass is 427 g/mol. The van der Waals surface area contributed by atoms with Crippen LogP contribution >= 0.6 is 23.2 Å². The summed E-state index contributed by atoms with van der Waals surface area (Å²) in [6.07, 6.45) is 1.53. The first-order valence-electron chi connectivity index (χ1n) is 7.86. The van der Waals surface area contributed by atoms with Crippen molar-refractivity contribution in [2.24, 2.45) is 5.92 Å². The number of hydrogen-bond acceptors (Lipinski definition) is 6. The largest absolute Gasteiger partial charge is 0.308 e. The Labute approximate surface area is 165 Å². The van der Waals surface area contributed by atoms with E-state index in [0.717, 1.165) is 0 Å².